The standard InChI is InChI=1S/C9H9BrFN/c10-9-6-2-1-5-12-8(6)4-3-7(9)11/h3-4,12H,1-2,5H2. The summed E-state index contributed by atoms with van der Waals surface area (Å²) in [5.41, 5.74) is 2.13. The largest absolute Gasteiger partial charge is 0.385 e. The van der Waals surface area contributed by atoms with Crippen molar-refractivity contribution in [3.05, 3.63) is 28.0 Å². The maximum absolute atomic E-state index is 13.0. The first kappa shape index (κ1) is 8.05. The SMILES string of the molecule is Fc1ccc2c(c1Br)CCCN2. The molecule has 1 N–H and O–H groups in total. The molecule has 0 bridgehead atoms. The molecule has 1 aromatic rings. The van der Waals surface area contributed by atoms with Crippen LogP contribution in [0.1, 0.15) is 12.0 Å². The van der Waals surface area contributed by atoms with E-state index in [0.717, 1.165) is 30.6 Å². The first-order chi connectivity index (χ1) is 5.79. The lowest BCUT2D eigenvalue weighted by atomic mass is 10.0. The van der Waals surface area contributed by atoms with Crippen LogP contribution in [-0.4, -0.2) is 6.54 Å². The topological polar surface area (TPSA) is 12.0 Å². The Hall–Kier alpha value is -0.570. The fourth-order valence-corrected chi connectivity index (χ4v) is 2.03. The average Bonchev–Trinajstić information content (AvgIpc) is 2.12. The first-order valence-electron chi connectivity index (χ1n) is 4.00. The Balaban J connectivity index is 2.54. The van der Waals surface area contributed by atoms with Gasteiger partial charge in [0.2, 0.25) is 0 Å². The number of benzene rings is 1. The third kappa shape index (κ3) is 1.22. The summed E-state index contributed by atoms with van der Waals surface area (Å²) in [4.78, 5) is 0. The van der Waals surface area contributed by atoms with Gasteiger partial charge in [0.15, 0.2) is 0 Å². The molecular weight excluding hydrogens is 221 g/mol. The van der Waals surface area contributed by atoms with Gasteiger partial charge in [0.25, 0.3) is 0 Å². The van der Waals surface area contributed by atoms with Gasteiger partial charge in [-0.2, -0.15) is 0 Å². The Morgan fingerprint density at radius 1 is 1.42 bits per heavy atom. The third-order valence-corrected chi connectivity index (χ3v) is 2.97. The van der Waals surface area contributed by atoms with Gasteiger partial charge in [-0.05, 0) is 46.5 Å². The summed E-state index contributed by atoms with van der Waals surface area (Å²) in [5, 5.41) is 3.23. The van der Waals surface area contributed by atoms with Crippen LogP contribution in [0, 0.1) is 5.82 Å². The molecule has 1 aliphatic heterocycles. The minimum absolute atomic E-state index is 0.169. The molecule has 0 spiro atoms. The van der Waals surface area contributed by atoms with Gasteiger partial charge in [0.1, 0.15) is 5.82 Å². The van der Waals surface area contributed by atoms with E-state index in [1.165, 1.54) is 6.07 Å². The molecule has 1 nitrogen and oxygen atoms in total. The van der Waals surface area contributed by atoms with Crippen molar-refractivity contribution in [3.8, 4) is 0 Å². The molecule has 0 fully saturated rings. The first-order valence-corrected chi connectivity index (χ1v) is 4.79. The molecule has 3 heteroatoms. The summed E-state index contributed by atoms with van der Waals surface area (Å²) in [6, 6.07) is 3.29. The van der Waals surface area contributed by atoms with Crippen LogP contribution in [0.2, 0.25) is 0 Å². The molecule has 0 aromatic heterocycles. The van der Waals surface area contributed by atoms with Crippen molar-refractivity contribution < 1.29 is 4.39 Å². The van der Waals surface area contributed by atoms with Crippen molar-refractivity contribution in [3.63, 3.8) is 0 Å². The molecule has 2 rings (SSSR count). The lowest BCUT2D eigenvalue weighted by Gasteiger charge is -2.19. The number of halogens is 2. The molecule has 0 unspecified atom stereocenters. The van der Waals surface area contributed by atoms with Crippen LogP contribution in [-0.2, 0) is 6.42 Å². The molecule has 0 radical (unpaired) electrons. The summed E-state index contributed by atoms with van der Waals surface area (Å²) in [6.45, 7) is 0.991. The second kappa shape index (κ2) is 3.05. The highest BCUT2D eigenvalue weighted by molar-refractivity contribution is 9.10. The lowest BCUT2D eigenvalue weighted by Crippen LogP contribution is -2.12. The van der Waals surface area contributed by atoms with Crippen molar-refractivity contribution in [2.45, 2.75) is 12.8 Å². The zero-order chi connectivity index (χ0) is 8.55. The van der Waals surface area contributed by atoms with E-state index in [-0.39, 0.29) is 5.82 Å². The quantitative estimate of drug-likeness (QED) is 0.722. The molecule has 0 aliphatic carbocycles. The molecule has 1 heterocycles. The van der Waals surface area contributed by atoms with Crippen molar-refractivity contribution in [2.24, 2.45) is 0 Å². The highest BCUT2D eigenvalue weighted by Gasteiger charge is 2.13. The van der Waals surface area contributed by atoms with Crippen LogP contribution in [0.5, 0.6) is 0 Å². The van der Waals surface area contributed by atoms with Gasteiger partial charge in [-0.25, -0.2) is 4.39 Å². The summed E-state index contributed by atoms with van der Waals surface area (Å²) < 4.78 is 13.6. The monoisotopic (exact) mass is 229 g/mol. The van der Waals surface area contributed by atoms with Gasteiger partial charge >= 0.3 is 0 Å². The number of nitrogens with one attached hydrogen (secondary N) is 1. The van der Waals surface area contributed by atoms with Gasteiger partial charge in [-0.15, -0.1) is 0 Å². The van der Waals surface area contributed by atoms with Crippen molar-refractivity contribution in [1.29, 1.82) is 0 Å². The van der Waals surface area contributed by atoms with Crippen molar-refractivity contribution in [2.75, 3.05) is 11.9 Å². The predicted octanol–water partition coefficient (Wildman–Crippen LogP) is 2.95. The van der Waals surface area contributed by atoms with Gasteiger partial charge < -0.3 is 5.32 Å². The maximum atomic E-state index is 13.0. The molecule has 0 atom stereocenters. The van der Waals surface area contributed by atoms with Crippen LogP contribution in [0.15, 0.2) is 16.6 Å². The number of rotatable bonds is 0. The molecule has 64 valence electrons. The highest BCUT2D eigenvalue weighted by atomic mass is 79.9. The van der Waals surface area contributed by atoms with Gasteiger partial charge in [0.05, 0.1) is 4.47 Å². The Bertz CT molecular complexity index is 312. The molecule has 0 saturated carbocycles. The maximum Gasteiger partial charge on any atom is 0.137 e. The van der Waals surface area contributed by atoms with E-state index in [9.17, 15) is 4.39 Å². The molecule has 1 aromatic carbocycles. The number of hydrogen-bond donors (Lipinski definition) is 1. The molecule has 12 heavy (non-hydrogen) atoms. The Morgan fingerprint density at radius 2 is 2.25 bits per heavy atom. The number of fused-ring (bicyclic) bond motifs is 1. The van der Waals surface area contributed by atoms with E-state index >= 15 is 0 Å². The summed E-state index contributed by atoms with van der Waals surface area (Å²) >= 11 is 3.25. The molecule has 0 saturated heterocycles. The van der Waals surface area contributed by atoms with E-state index < -0.39 is 0 Å². The predicted molar refractivity (Wildman–Crippen MR) is 50.9 cm³/mol. The van der Waals surface area contributed by atoms with Gasteiger partial charge in [0, 0.05) is 12.2 Å². The average molecular weight is 230 g/mol. The van der Waals surface area contributed by atoms with E-state index in [1.807, 2.05) is 0 Å². The van der Waals surface area contributed by atoms with Crippen LogP contribution in [0.25, 0.3) is 0 Å². The fourth-order valence-electron chi connectivity index (χ4n) is 1.49. The van der Waals surface area contributed by atoms with E-state index in [1.54, 1.807) is 6.07 Å². The number of anilines is 1. The molecule has 0 amide bonds. The van der Waals surface area contributed by atoms with Gasteiger partial charge in [-0.3, -0.25) is 0 Å². The van der Waals surface area contributed by atoms with E-state index in [4.69, 9.17) is 0 Å². The second-order valence-electron chi connectivity index (χ2n) is 2.92. The van der Waals surface area contributed by atoms with Crippen LogP contribution in [0.3, 0.4) is 0 Å². The zero-order valence-corrected chi connectivity index (χ0v) is 8.12. The highest BCUT2D eigenvalue weighted by Crippen LogP contribution is 2.30. The fraction of sp³-hybridized carbons (Fsp3) is 0.333. The van der Waals surface area contributed by atoms with Crippen LogP contribution < -0.4 is 5.32 Å². The lowest BCUT2D eigenvalue weighted by molar-refractivity contribution is 0.616. The molecular formula is C9H9BrFN. The van der Waals surface area contributed by atoms with Crippen molar-refractivity contribution >= 4 is 21.6 Å². The van der Waals surface area contributed by atoms with Crippen LogP contribution in [0.4, 0.5) is 10.1 Å². The third-order valence-electron chi connectivity index (χ3n) is 2.12. The smallest absolute Gasteiger partial charge is 0.137 e. The van der Waals surface area contributed by atoms with E-state index in [2.05, 4.69) is 21.2 Å². The van der Waals surface area contributed by atoms with Crippen LogP contribution >= 0.6 is 15.9 Å². The zero-order valence-electron chi connectivity index (χ0n) is 6.53. The minimum Gasteiger partial charge on any atom is -0.385 e. The summed E-state index contributed by atoms with van der Waals surface area (Å²) in [7, 11) is 0. The normalized spacial score (nSPS) is 15.2. The summed E-state index contributed by atoms with van der Waals surface area (Å²) in [5.74, 6) is -0.169. The van der Waals surface area contributed by atoms with E-state index in [0.29, 0.717) is 4.47 Å². The Kier molecular flexibility index (Phi) is 2.05. The minimum atomic E-state index is -0.169. The van der Waals surface area contributed by atoms with Crippen molar-refractivity contribution in [1.82, 2.24) is 0 Å². The summed E-state index contributed by atoms with van der Waals surface area (Å²) in [6.07, 6.45) is 2.04. The van der Waals surface area contributed by atoms with Gasteiger partial charge in [-0.1, -0.05) is 0 Å². The second-order valence-corrected chi connectivity index (χ2v) is 3.71. The Morgan fingerprint density at radius 3 is 3.08 bits per heavy atom. The molecule has 1 aliphatic rings. The number of hydrogen-bond acceptors (Lipinski definition) is 1. The Labute approximate surface area is 79.1 Å².